The molecule has 1 fully saturated rings. The number of hydrogen-bond acceptors (Lipinski definition) is 5. The van der Waals surface area contributed by atoms with E-state index in [0.29, 0.717) is 30.9 Å². The van der Waals surface area contributed by atoms with Gasteiger partial charge in [-0.05, 0) is 26.7 Å². The van der Waals surface area contributed by atoms with Crippen molar-refractivity contribution in [2.75, 3.05) is 18.0 Å². The largest absolute Gasteiger partial charge is 0.481 e. The predicted molar refractivity (Wildman–Crippen MR) is 71.8 cm³/mol. The quantitative estimate of drug-likeness (QED) is 0.662. The summed E-state index contributed by atoms with van der Waals surface area (Å²) in [4.78, 5) is 23.9. The molecule has 20 heavy (non-hydrogen) atoms. The Morgan fingerprint density at radius 2 is 2.20 bits per heavy atom. The van der Waals surface area contributed by atoms with Gasteiger partial charge in [-0.25, -0.2) is 4.68 Å². The van der Waals surface area contributed by atoms with Crippen molar-refractivity contribution in [1.82, 2.24) is 9.78 Å². The van der Waals surface area contributed by atoms with Gasteiger partial charge in [0, 0.05) is 20.1 Å². The highest BCUT2D eigenvalue weighted by Gasteiger charge is 2.41. The molecule has 2 heterocycles. The lowest BCUT2D eigenvalue weighted by atomic mass is 9.82. The molecule has 1 N–H and O–H groups in total. The third kappa shape index (κ3) is 2.21. The van der Waals surface area contributed by atoms with Crippen LogP contribution in [0, 0.1) is 22.5 Å². The summed E-state index contributed by atoms with van der Waals surface area (Å²) >= 11 is 0. The van der Waals surface area contributed by atoms with Crippen molar-refractivity contribution < 1.29 is 14.8 Å². The monoisotopic (exact) mass is 282 g/mol. The van der Waals surface area contributed by atoms with E-state index in [-0.39, 0.29) is 12.2 Å². The lowest BCUT2D eigenvalue weighted by molar-refractivity contribution is -0.384. The SMILES string of the molecule is Cc1nn(C)c(N2CCCC(C)(C(=O)O)C2)c1[N+](=O)[O-]. The summed E-state index contributed by atoms with van der Waals surface area (Å²) in [5.41, 5.74) is -0.582. The van der Waals surface area contributed by atoms with Crippen LogP contribution in [0.4, 0.5) is 11.5 Å². The lowest BCUT2D eigenvalue weighted by Gasteiger charge is -2.38. The first-order chi connectivity index (χ1) is 9.26. The van der Waals surface area contributed by atoms with Gasteiger partial charge in [0.25, 0.3) is 0 Å². The second-order valence-corrected chi connectivity index (χ2v) is 5.53. The van der Waals surface area contributed by atoms with E-state index in [1.54, 1.807) is 25.8 Å². The Labute approximate surface area is 116 Å². The number of aliphatic carboxylic acids is 1. The third-order valence-electron chi connectivity index (χ3n) is 3.86. The number of anilines is 1. The van der Waals surface area contributed by atoms with Gasteiger partial charge < -0.3 is 10.0 Å². The van der Waals surface area contributed by atoms with Gasteiger partial charge in [-0.2, -0.15) is 5.10 Å². The molecule has 1 aromatic heterocycles. The number of piperidine rings is 1. The average Bonchev–Trinajstić information content (AvgIpc) is 2.64. The first-order valence-corrected chi connectivity index (χ1v) is 6.42. The van der Waals surface area contributed by atoms with Crippen molar-refractivity contribution in [2.24, 2.45) is 12.5 Å². The van der Waals surface area contributed by atoms with Crippen LogP contribution in [0.15, 0.2) is 0 Å². The minimum absolute atomic E-state index is 0.0397. The summed E-state index contributed by atoms with van der Waals surface area (Å²) in [5.74, 6) is -0.483. The first kappa shape index (κ1) is 14.3. The van der Waals surface area contributed by atoms with Gasteiger partial charge in [-0.1, -0.05) is 0 Å². The summed E-state index contributed by atoms with van der Waals surface area (Å²) in [6.45, 7) is 4.11. The number of nitro groups is 1. The standard InChI is InChI=1S/C12H18N4O4/c1-8-9(16(19)20)10(14(3)13-8)15-6-4-5-12(2,7-15)11(17)18/h4-7H2,1-3H3,(H,17,18). The van der Waals surface area contributed by atoms with Crippen molar-refractivity contribution in [3.05, 3.63) is 15.8 Å². The highest BCUT2D eigenvalue weighted by atomic mass is 16.6. The fourth-order valence-electron chi connectivity index (χ4n) is 2.80. The fraction of sp³-hybridized carbons (Fsp3) is 0.667. The predicted octanol–water partition coefficient (Wildman–Crippen LogP) is 1.33. The average molecular weight is 282 g/mol. The molecule has 1 saturated heterocycles. The van der Waals surface area contributed by atoms with Crippen LogP contribution in [0.1, 0.15) is 25.5 Å². The fourth-order valence-corrected chi connectivity index (χ4v) is 2.80. The summed E-state index contributed by atoms with van der Waals surface area (Å²) in [5, 5.41) is 24.6. The van der Waals surface area contributed by atoms with Gasteiger partial charge in [0.15, 0.2) is 0 Å². The van der Waals surface area contributed by atoms with Gasteiger partial charge in [0.2, 0.25) is 5.82 Å². The summed E-state index contributed by atoms with van der Waals surface area (Å²) in [6, 6.07) is 0. The maximum Gasteiger partial charge on any atom is 0.333 e. The van der Waals surface area contributed by atoms with E-state index in [1.165, 1.54) is 4.68 Å². The van der Waals surface area contributed by atoms with Gasteiger partial charge in [0.05, 0.1) is 10.3 Å². The van der Waals surface area contributed by atoms with Gasteiger partial charge in [-0.15, -0.1) is 0 Å². The zero-order valence-corrected chi connectivity index (χ0v) is 11.8. The number of aryl methyl sites for hydroxylation is 2. The Bertz CT molecular complexity index is 568. The van der Waals surface area contributed by atoms with Crippen molar-refractivity contribution in [3.8, 4) is 0 Å². The zero-order valence-electron chi connectivity index (χ0n) is 11.8. The lowest BCUT2D eigenvalue weighted by Crippen LogP contribution is -2.46. The minimum atomic E-state index is -0.885. The second-order valence-electron chi connectivity index (χ2n) is 5.53. The third-order valence-corrected chi connectivity index (χ3v) is 3.86. The van der Waals surface area contributed by atoms with Crippen LogP contribution in [0.25, 0.3) is 0 Å². The van der Waals surface area contributed by atoms with E-state index < -0.39 is 16.3 Å². The highest BCUT2D eigenvalue weighted by molar-refractivity contribution is 5.76. The molecule has 0 spiro atoms. The Kier molecular flexibility index (Phi) is 3.41. The van der Waals surface area contributed by atoms with Crippen LogP contribution in [0.2, 0.25) is 0 Å². The van der Waals surface area contributed by atoms with Gasteiger partial charge >= 0.3 is 11.7 Å². The smallest absolute Gasteiger partial charge is 0.333 e. The van der Waals surface area contributed by atoms with Crippen LogP contribution in [-0.2, 0) is 11.8 Å². The van der Waals surface area contributed by atoms with Crippen molar-refractivity contribution in [2.45, 2.75) is 26.7 Å². The molecule has 0 amide bonds. The van der Waals surface area contributed by atoms with Crippen LogP contribution in [0.5, 0.6) is 0 Å². The number of hydrogen-bond donors (Lipinski definition) is 1. The van der Waals surface area contributed by atoms with E-state index in [2.05, 4.69) is 5.10 Å². The van der Waals surface area contributed by atoms with E-state index in [1.807, 2.05) is 0 Å². The van der Waals surface area contributed by atoms with Crippen molar-refractivity contribution in [3.63, 3.8) is 0 Å². The molecular formula is C12H18N4O4. The van der Waals surface area contributed by atoms with E-state index in [0.717, 1.165) is 0 Å². The summed E-state index contributed by atoms with van der Waals surface area (Å²) in [6.07, 6.45) is 1.26. The Morgan fingerprint density at radius 1 is 1.55 bits per heavy atom. The maximum absolute atomic E-state index is 11.4. The zero-order chi connectivity index (χ0) is 15.1. The topological polar surface area (TPSA) is 102 Å². The maximum atomic E-state index is 11.4. The molecule has 1 aliphatic rings. The molecule has 1 atom stereocenters. The van der Waals surface area contributed by atoms with Crippen LogP contribution < -0.4 is 4.90 Å². The molecule has 0 saturated carbocycles. The minimum Gasteiger partial charge on any atom is -0.481 e. The number of carboxylic acid groups (broad SMARTS) is 1. The van der Waals surface area contributed by atoms with Crippen LogP contribution in [0.3, 0.4) is 0 Å². The van der Waals surface area contributed by atoms with Crippen LogP contribution >= 0.6 is 0 Å². The Morgan fingerprint density at radius 3 is 2.75 bits per heavy atom. The van der Waals surface area contributed by atoms with Gasteiger partial charge in [0.1, 0.15) is 5.69 Å². The van der Waals surface area contributed by atoms with Crippen molar-refractivity contribution >= 4 is 17.5 Å². The molecular weight excluding hydrogens is 264 g/mol. The van der Waals surface area contributed by atoms with E-state index in [4.69, 9.17) is 0 Å². The first-order valence-electron chi connectivity index (χ1n) is 6.42. The molecule has 0 radical (unpaired) electrons. The summed E-state index contributed by atoms with van der Waals surface area (Å²) in [7, 11) is 1.64. The molecule has 1 aliphatic heterocycles. The second kappa shape index (κ2) is 4.77. The number of aromatic nitrogens is 2. The molecule has 0 aromatic carbocycles. The van der Waals surface area contributed by atoms with Crippen molar-refractivity contribution in [1.29, 1.82) is 0 Å². The molecule has 8 nitrogen and oxygen atoms in total. The highest BCUT2D eigenvalue weighted by Crippen LogP contribution is 2.37. The Hall–Kier alpha value is -2.12. The summed E-state index contributed by atoms with van der Waals surface area (Å²) < 4.78 is 1.46. The number of rotatable bonds is 3. The molecule has 0 aliphatic carbocycles. The molecule has 0 bridgehead atoms. The van der Waals surface area contributed by atoms with E-state index in [9.17, 15) is 20.0 Å². The normalized spacial score (nSPS) is 22.9. The molecule has 2 rings (SSSR count). The molecule has 110 valence electrons. The van der Waals surface area contributed by atoms with Gasteiger partial charge in [-0.3, -0.25) is 14.9 Å². The number of carboxylic acids is 1. The van der Waals surface area contributed by atoms with Crippen LogP contribution in [-0.4, -0.2) is 38.9 Å². The molecule has 8 heteroatoms. The molecule has 1 aromatic rings. The number of carbonyl (C=O) groups is 1. The Balaban J connectivity index is 2.42. The van der Waals surface area contributed by atoms with E-state index >= 15 is 0 Å². The molecule has 1 unspecified atom stereocenters. The number of nitrogens with zero attached hydrogens (tertiary/aromatic N) is 4.